The van der Waals surface area contributed by atoms with Gasteiger partial charge in [0.05, 0.1) is 0 Å². The number of benzene rings is 2. The highest BCUT2D eigenvalue weighted by Crippen LogP contribution is 2.13. The Morgan fingerprint density at radius 2 is 1.85 bits per heavy atom. The van der Waals surface area contributed by atoms with Crippen molar-refractivity contribution < 1.29 is 4.79 Å². The number of rotatable bonds is 4. The Kier molecular flexibility index (Phi) is 5.14. The maximum Gasteiger partial charge on any atom is 0.255 e. The molecule has 0 spiro atoms. The zero-order valence-corrected chi connectivity index (χ0v) is 13.7. The lowest BCUT2D eigenvalue weighted by Gasteiger charge is -2.10. The fourth-order valence-corrected chi connectivity index (χ4v) is 2.43. The average molecular weight is 380 g/mol. The van der Waals surface area contributed by atoms with Gasteiger partial charge in [0.1, 0.15) is 0 Å². The summed E-state index contributed by atoms with van der Waals surface area (Å²) in [5.41, 5.74) is 2.72. The summed E-state index contributed by atoms with van der Waals surface area (Å²) in [5.74, 6) is -0.0797. The molecule has 20 heavy (non-hydrogen) atoms. The van der Waals surface area contributed by atoms with Crippen LogP contribution in [-0.2, 0) is 6.54 Å². The summed E-state index contributed by atoms with van der Waals surface area (Å²) in [6, 6.07) is 15.5. The second-order valence-corrected chi connectivity index (χ2v) is 6.14. The number of amides is 1. The van der Waals surface area contributed by atoms with E-state index in [4.69, 9.17) is 0 Å². The lowest BCUT2D eigenvalue weighted by Crippen LogP contribution is -2.13. The molecule has 0 aromatic heterocycles. The molecule has 104 valence electrons. The van der Waals surface area contributed by atoms with Gasteiger partial charge in [0.25, 0.3) is 5.91 Å². The maximum atomic E-state index is 12.1. The minimum absolute atomic E-state index is 0.0797. The summed E-state index contributed by atoms with van der Waals surface area (Å²) in [4.78, 5) is 14.2. The SMILES string of the molecule is CN(C)Cc1ccc(NC(=O)c2cccc(I)c2)cc1. The highest BCUT2D eigenvalue weighted by Gasteiger charge is 2.06. The van der Waals surface area contributed by atoms with E-state index >= 15 is 0 Å². The summed E-state index contributed by atoms with van der Waals surface area (Å²) in [7, 11) is 4.07. The van der Waals surface area contributed by atoms with Gasteiger partial charge in [-0.1, -0.05) is 18.2 Å². The van der Waals surface area contributed by atoms with Crippen LogP contribution in [0.3, 0.4) is 0 Å². The van der Waals surface area contributed by atoms with Gasteiger partial charge < -0.3 is 10.2 Å². The highest BCUT2D eigenvalue weighted by molar-refractivity contribution is 14.1. The first kappa shape index (κ1) is 15.0. The van der Waals surface area contributed by atoms with Crippen LogP contribution in [0.2, 0.25) is 0 Å². The van der Waals surface area contributed by atoms with Crippen LogP contribution < -0.4 is 5.32 Å². The number of halogens is 1. The second kappa shape index (κ2) is 6.85. The first-order chi connectivity index (χ1) is 9.54. The number of carbonyl (C=O) groups is 1. The number of carbonyl (C=O) groups excluding carboxylic acids is 1. The van der Waals surface area contributed by atoms with Crippen molar-refractivity contribution in [3.63, 3.8) is 0 Å². The number of nitrogens with one attached hydrogen (secondary N) is 1. The average Bonchev–Trinajstić information content (AvgIpc) is 2.40. The van der Waals surface area contributed by atoms with Crippen LogP contribution in [-0.4, -0.2) is 24.9 Å². The monoisotopic (exact) mass is 380 g/mol. The summed E-state index contributed by atoms with van der Waals surface area (Å²) in [6.45, 7) is 0.894. The van der Waals surface area contributed by atoms with Gasteiger partial charge in [-0.3, -0.25) is 4.79 Å². The van der Waals surface area contributed by atoms with E-state index in [1.165, 1.54) is 5.56 Å². The molecule has 0 aliphatic carbocycles. The van der Waals surface area contributed by atoms with Crippen LogP contribution in [0.5, 0.6) is 0 Å². The van der Waals surface area contributed by atoms with Gasteiger partial charge in [0, 0.05) is 21.4 Å². The second-order valence-electron chi connectivity index (χ2n) is 4.90. The molecule has 0 radical (unpaired) electrons. The molecule has 0 saturated heterocycles. The number of anilines is 1. The molecule has 0 fully saturated rings. The van der Waals surface area contributed by atoms with Gasteiger partial charge in [-0.15, -0.1) is 0 Å². The molecule has 1 amide bonds. The zero-order valence-electron chi connectivity index (χ0n) is 11.6. The fourth-order valence-electron chi connectivity index (χ4n) is 1.89. The topological polar surface area (TPSA) is 32.3 Å². The predicted octanol–water partition coefficient (Wildman–Crippen LogP) is 3.61. The lowest BCUT2D eigenvalue weighted by atomic mass is 10.2. The van der Waals surface area contributed by atoms with Gasteiger partial charge in [0.2, 0.25) is 0 Å². The minimum Gasteiger partial charge on any atom is -0.322 e. The lowest BCUT2D eigenvalue weighted by molar-refractivity contribution is 0.102. The third-order valence-corrected chi connectivity index (χ3v) is 3.47. The molecule has 2 rings (SSSR count). The van der Waals surface area contributed by atoms with E-state index in [0.717, 1.165) is 15.8 Å². The third kappa shape index (κ3) is 4.31. The van der Waals surface area contributed by atoms with Gasteiger partial charge in [-0.2, -0.15) is 0 Å². The van der Waals surface area contributed by atoms with Crippen molar-refractivity contribution >= 4 is 34.2 Å². The van der Waals surface area contributed by atoms with Crippen molar-refractivity contribution in [2.24, 2.45) is 0 Å². The molecule has 3 nitrogen and oxygen atoms in total. The Morgan fingerprint density at radius 3 is 2.45 bits per heavy atom. The summed E-state index contributed by atoms with van der Waals surface area (Å²) in [5, 5.41) is 2.91. The third-order valence-electron chi connectivity index (χ3n) is 2.80. The summed E-state index contributed by atoms with van der Waals surface area (Å²) >= 11 is 2.20. The molecule has 0 bridgehead atoms. The van der Waals surface area contributed by atoms with Crippen LogP contribution in [0.25, 0.3) is 0 Å². The molecule has 2 aromatic rings. The van der Waals surface area contributed by atoms with Crippen molar-refractivity contribution in [2.45, 2.75) is 6.54 Å². The van der Waals surface area contributed by atoms with E-state index in [9.17, 15) is 4.79 Å². The van der Waals surface area contributed by atoms with Crippen molar-refractivity contribution in [3.8, 4) is 0 Å². The number of hydrogen-bond donors (Lipinski definition) is 1. The van der Waals surface area contributed by atoms with Crippen molar-refractivity contribution in [1.29, 1.82) is 0 Å². The first-order valence-corrected chi connectivity index (χ1v) is 7.43. The van der Waals surface area contributed by atoms with E-state index in [1.54, 1.807) is 0 Å². The quantitative estimate of drug-likeness (QED) is 0.823. The van der Waals surface area contributed by atoms with Gasteiger partial charge in [-0.25, -0.2) is 0 Å². The Balaban J connectivity index is 2.04. The van der Waals surface area contributed by atoms with E-state index in [-0.39, 0.29) is 5.91 Å². The molecule has 4 heteroatoms. The zero-order chi connectivity index (χ0) is 14.5. The van der Waals surface area contributed by atoms with E-state index < -0.39 is 0 Å². The number of nitrogens with zero attached hydrogens (tertiary/aromatic N) is 1. The normalized spacial score (nSPS) is 10.6. The minimum atomic E-state index is -0.0797. The highest BCUT2D eigenvalue weighted by atomic mass is 127. The number of hydrogen-bond acceptors (Lipinski definition) is 2. The van der Waals surface area contributed by atoms with Crippen molar-refractivity contribution in [3.05, 3.63) is 63.2 Å². The Labute approximate surface area is 133 Å². The fraction of sp³-hybridized carbons (Fsp3) is 0.188. The molecule has 0 saturated carbocycles. The van der Waals surface area contributed by atoms with Crippen LogP contribution in [0.4, 0.5) is 5.69 Å². The van der Waals surface area contributed by atoms with E-state index in [0.29, 0.717) is 5.56 Å². The predicted molar refractivity (Wildman–Crippen MR) is 90.9 cm³/mol. The van der Waals surface area contributed by atoms with Crippen LogP contribution in [0, 0.1) is 3.57 Å². The first-order valence-electron chi connectivity index (χ1n) is 6.35. The van der Waals surface area contributed by atoms with Gasteiger partial charge in [0.15, 0.2) is 0 Å². The van der Waals surface area contributed by atoms with Crippen LogP contribution >= 0.6 is 22.6 Å². The molecular formula is C16H17IN2O. The molecule has 0 atom stereocenters. The Morgan fingerprint density at radius 1 is 1.15 bits per heavy atom. The molecule has 0 aliphatic heterocycles. The maximum absolute atomic E-state index is 12.1. The molecule has 0 heterocycles. The Bertz CT molecular complexity index is 594. The molecule has 2 aromatic carbocycles. The molecule has 1 N–H and O–H groups in total. The van der Waals surface area contributed by atoms with Crippen LogP contribution in [0.15, 0.2) is 48.5 Å². The summed E-state index contributed by atoms with van der Waals surface area (Å²) < 4.78 is 1.05. The molecule has 0 unspecified atom stereocenters. The van der Waals surface area contributed by atoms with E-state index in [1.807, 2.05) is 62.6 Å². The molecular weight excluding hydrogens is 363 g/mol. The van der Waals surface area contributed by atoms with Crippen molar-refractivity contribution in [1.82, 2.24) is 4.90 Å². The molecule has 0 aliphatic rings. The van der Waals surface area contributed by atoms with Gasteiger partial charge in [-0.05, 0) is 72.6 Å². The Hall–Kier alpha value is -1.40. The van der Waals surface area contributed by atoms with Crippen LogP contribution in [0.1, 0.15) is 15.9 Å². The smallest absolute Gasteiger partial charge is 0.255 e. The van der Waals surface area contributed by atoms with Gasteiger partial charge >= 0.3 is 0 Å². The largest absolute Gasteiger partial charge is 0.322 e. The van der Waals surface area contributed by atoms with Crippen molar-refractivity contribution in [2.75, 3.05) is 19.4 Å². The standard InChI is InChI=1S/C16H17IN2O/c1-19(2)11-12-6-8-15(9-7-12)18-16(20)13-4-3-5-14(17)10-13/h3-10H,11H2,1-2H3,(H,18,20). The van der Waals surface area contributed by atoms with E-state index in [2.05, 4.69) is 32.8 Å². The summed E-state index contributed by atoms with van der Waals surface area (Å²) in [6.07, 6.45) is 0.